The van der Waals surface area contributed by atoms with E-state index in [2.05, 4.69) is 18.0 Å². The molecule has 3 aromatic rings. The molecule has 1 unspecified atom stereocenters. The van der Waals surface area contributed by atoms with E-state index in [1.54, 1.807) is 6.20 Å². The lowest BCUT2D eigenvalue weighted by molar-refractivity contribution is 0.111. The van der Waals surface area contributed by atoms with Crippen molar-refractivity contribution >= 4 is 6.29 Å². The number of carbonyl (C=O) groups is 1. The summed E-state index contributed by atoms with van der Waals surface area (Å²) in [5.41, 5.74) is 3.86. The maximum Gasteiger partial charge on any atom is 0.153 e. The maximum atomic E-state index is 11.3. The van der Waals surface area contributed by atoms with Crippen LogP contribution in [0.2, 0.25) is 0 Å². The number of carbonyl (C=O) groups excluding carboxylic acids is 1. The third-order valence-corrected chi connectivity index (χ3v) is 4.09. The first-order valence-corrected chi connectivity index (χ1v) is 7.93. The minimum atomic E-state index is 0.179. The van der Waals surface area contributed by atoms with Crippen molar-refractivity contribution in [2.24, 2.45) is 0 Å². The van der Waals surface area contributed by atoms with Crippen molar-refractivity contribution in [1.29, 1.82) is 0 Å². The molecule has 1 heterocycles. The van der Waals surface area contributed by atoms with E-state index in [4.69, 9.17) is 4.74 Å². The van der Waals surface area contributed by atoms with Gasteiger partial charge in [0.2, 0.25) is 0 Å². The monoisotopic (exact) mass is 317 g/mol. The third kappa shape index (κ3) is 3.69. The van der Waals surface area contributed by atoms with E-state index in [0.29, 0.717) is 17.9 Å². The Hall–Kier alpha value is -2.94. The zero-order chi connectivity index (χ0) is 16.8. The van der Waals surface area contributed by atoms with Gasteiger partial charge in [-0.3, -0.25) is 9.78 Å². The van der Waals surface area contributed by atoms with E-state index in [1.807, 2.05) is 60.8 Å². The number of ether oxygens (including phenoxy) is 1. The SMILES string of the molecule is CC(c1cccnc1)c1ccc(C=O)c(OCc2ccccc2)c1. The predicted octanol–water partition coefficient (Wildman–Crippen LogP) is 4.62. The lowest BCUT2D eigenvalue weighted by atomic mass is 9.93. The lowest BCUT2D eigenvalue weighted by Crippen LogP contribution is -2.02. The first-order valence-electron chi connectivity index (χ1n) is 7.93. The Morgan fingerprint density at radius 1 is 1.04 bits per heavy atom. The van der Waals surface area contributed by atoms with E-state index in [1.165, 1.54) is 0 Å². The molecule has 0 saturated carbocycles. The number of rotatable bonds is 6. The first-order chi connectivity index (χ1) is 11.8. The normalized spacial score (nSPS) is 11.7. The van der Waals surface area contributed by atoms with Gasteiger partial charge < -0.3 is 4.74 Å². The van der Waals surface area contributed by atoms with Crippen LogP contribution in [0, 0.1) is 0 Å². The van der Waals surface area contributed by atoms with Crippen molar-refractivity contribution < 1.29 is 9.53 Å². The Bertz CT molecular complexity index is 801. The first kappa shape index (κ1) is 15.9. The molecule has 0 spiro atoms. The Kier molecular flexibility index (Phi) is 5.02. The number of pyridine rings is 1. The highest BCUT2D eigenvalue weighted by Gasteiger charge is 2.12. The Balaban J connectivity index is 1.84. The van der Waals surface area contributed by atoms with E-state index >= 15 is 0 Å². The number of aldehydes is 1. The third-order valence-electron chi connectivity index (χ3n) is 4.09. The van der Waals surface area contributed by atoms with Gasteiger partial charge in [-0.1, -0.05) is 49.4 Å². The van der Waals surface area contributed by atoms with Crippen molar-refractivity contribution in [2.75, 3.05) is 0 Å². The molecule has 2 aromatic carbocycles. The molecule has 0 fully saturated rings. The summed E-state index contributed by atoms with van der Waals surface area (Å²) in [7, 11) is 0. The molecule has 0 bridgehead atoms. The van der Waals surface area contributed by atoms with Crippen LogP contribution in [0.1, 0.15) is 39.9 Å². The molecule has 3 heteroatoms. The lowest BCUT2D eigenvalue weighted by Gasteiger charge is -2.15. The molecule has 0 saturated heterocycles. The van der Waals surface area contributed by atoms with E-state index < -0.39 is 0 Å². The van der Waals surface area contributed by atoms with Crippen LogP contribution in [0.3, 0.4) is 0 Å². The van der Waals surface area contributed by atoms with Crippen molar-refractivity contribution in [3.8, 4) is 5.75 Å². The average Bonchev–Trinajstić information content (AvgIpc) is 2.67. The summed E-state index contributed by atoms with van der Waals surface area (Å²) in [5, 5.41) is 0. The second-order valence-corrected chi connectivity index (χ2v) is 5.70. The fraction of sp³-hybridized carbons (Fsp3) is 0.143. The summed E-state index contributed by atoms with van der Waals surface area (Å²) in [6.45, 7) is 2.56. The molecule has 1 aromatic heterocycles. The summed E-state index contributed by atoms with van der Waals surface area (Å²) in [4.78, 5) is 15.5. The Morgan fingerprint density at radius 2 is 1.88 bits per heavy atom. The Morgan fingerprint density at radius 3 is 2.58 bits per heavy atom. The number of hydrogen-bond donors (Lipinski definition) is 0. The van der Waals surface area contributed by atoms with Crippen molar-refractivity contribution in [1.82, 2.24) is 4.98 Å². The molecule has 120 valence electrons. The highest BCUT2D eigenvalue weighted by Crippen LogP contribution is 2.28. The number of hydrogen-bond acceptors (Lipinski definition) is 3. The standard InChI is InChI=1S/C21H19NO2/c1-16(19-8-5-11-22-13-19)18-9-10-20(14-23)21(12-18)24-15-17-6-3-2-4-7-17/h2-14,16H,15H2,1H3. The van der Waals surface area contributed by atoms with Crippen molar-refractivity contribution in [3.63, 3.8) is 0 Å². The summed E-state index contributed by atoms with van der Waals surface area (Å²) < 4.78 is 5.89. The number of nitrogens with zero attached hydrogens (tertiary/aromatic N) is 1. The quantitative estimate of drug-likeness (QED) is 0.622. The molecule has 24 heavy (non-hydrogen) atoms. The predicted molar refractivity (Wildman–Crippen MR) is 94.4 cm³/mol. The van der Waals surface area contributed by atoms with Crippen LogP contribution in [0.25, 0.3) is 0 Å². The fourth-order valence-electron chi connectivity index (χ4n) is 2.60. The molecule has 0 N–H and O–H groups in total. The van der Waals surface area contributed by atoms with Crippen molar-refractivity contribution in [3.05, 3.63) is 95.3 Å². The van der Waals surface area contributed by atoms with Gasteiger partial charge in [0.1, 0.15) is 12.4 Å². The molecule has 3 nitrogen and oxygen atoms in total. The topological polar surface area (TPSA) is 39.2 Å². The average molecular weight is 317 g/mol. The summed E-state index contributed by atoms with van der Waals surface area (Å²) in [5.74, 6) is 0.792. The molecule has 0 aliphatic carbocycles. The van der Waals surface area contributed by atoms with E-state index in [-0.39, 0.29) is 5.92 Å². The van der Waals surface area contributed by atoms with Crippen LogP contribution in [-0.2, 0) is 6.61 Å². The second kappa shape index (κ2) is 7.55. The molecular weight excluding hydrogens is 298 g/mol. The minimum Gasteiger partial charge on any atom is -0.488 e. The van der Waals surface area contributed by atoms with E-state index in [0.717, 1.165) is 23.0 Å². The molecule has 0 radical (unpaired) electrons. The zero-order valence-electron chi connectivity index (χ0n) is 13.6. The van der Waals surface area contributed by atoms with Crippen LogP contribution in [-0.4, -0.2) is 11.3 Å². The van der Waals surface area contributed by atoms with Gasteiger partial charge >= 0.3 is 0 Å². The van der Waals surface area contributed by atoms with Gasteiger partial charge in [-0.15, -0.1) is 0 Å². The van der Waals surface area contributed by atoms with Gasteiger partial charge in [-0.05, 0) is 34.9 Å². The molecule has 0 aliphatic heterocycles. The van der Waals surface area contributed by atoms with Gasteiger partial charge in [0, 0.05) is 18.3 Å². The van der Waals surface area contributed by atoms with Gasteiger partial charge in [0.25, 0.3) is 0 Å². The molecule has 0 amide bonds. The minimum absolute atomic E-state index is 0.179. The molecule has 0 aliphatic rings. The summed E-state index contributed by atoms with van der Waals surface area (Å²) >= 11 is 0. The summed E-state index contributed by atoms with van der Waals surface area (Å²) in [6.07, 6.45) is 4.46. The van der Waals surface area contributed by atoms with E-state index in [9.17, 15) is 4.79 Å². The number of benzene rings is 2. The van der Waals surface area contributed by atoms with Gasteiger partial charge in [0.15, 0.2) is 6.29 Å². The van der Waals surface area contributed by atoms with Crippen LogP contribution in [0.15, 0.2) is 73.1 Å². The Labute approximate surface area is 142 Å². The van der Waals surface area contributed by atoms with Crippen molar-refractivity contribution in [2.45, 2.75) is 19.4 Å². The zero-order valence-corrected chi connectivity index (χ0v) is 13.6. The van der Waals surface area contributed by atoms with Crippen LogP contribution in [0.5, 0.6) is 5.75 Å². The smallest absolute Gasteiger partial charge is 0.153 e. The van der Waals surface area contributed by atoms with Crippen LogP contribution >= 0.6 is 0 Å². The molecule has 3 rings (SSSR count). The van der Waals surface area contributed by atoms with Gasteiger partial charge in [-0.25, -0.2) is 0 Å². The van der Waals surface area contributed by atoms with Gasteiger partial charge in [0.05, 0.1) is 5.56 Å². The second-order valence-electron chi connectivity index (χ2n) is 5.70. The molecular formula is C21H19NO2. The summed E-state index contributed by atoms with van der Waals surface area (Å²) in [6, 6.07) is 19.6. The number of aromatic nitrogens is 1. The largest absolute Gasteiger partial charge is 0.488 e. The fourth-order valence-corrected chi connectivity index (χ4v) is 2.60. The van der Waals surface area contributed by atoms with Crippen LogP contribution < -0.4 is 4.74 Å². The molecule has 1 atom stereocenters. The highest BCUT2D eigenvalue weighted by atomic mass is 16.5. The van der Waals surface area contributed by atoms with Gasteiger partial charge in [-0.2, -0.15) is 0 Å². The maximum absolute atomic E-state index is 11.3. The highest BCUT2D eigenvalue weighted by molar-refractivity contribution is 5.79. The van der Waals surface area contributed by atoms with Crippen LogP contribution in [0.4, 0.5) is 0 Å².